The van der Waals surface area contributed by atoms with E-state index in [1.54, 1.807) is 6.07 Å². The standard InChI is InChI=1S/C13H19FN2O/c1-10(13(17)16-7-6-15-2)8-11-4-3-5-12(14)9-11/h3-5,9-10,15H,6-8H2,1-2H3,(H,16,17). The molecule has 0 aliphatic rings. The molecule has 1 rings (SSSR count). The summed E-state index contributed by atoms with van der Waals surface area (Å²) in [6.07, 6.45) is 0.559. The maximum absolute atomic E-state index is 13.0. The molecule has 17 heavy (non-hydrogen) atoms. The Hall–Kier alpha value is -1.42. The Morgan fingerprint density at radius 3 is 2.82 bits per heavy atom. The van der Waals surface area contributed by atoms with Gasteiger partial charge in [0.25, 0.3) is 0 Å². The van der Waals surface area contributed by atoms with E-state index in [9.17, 15) is 9.18 Å². The van der Waals surface area contributed by atoms with E-state index in [1.807, 2.05) is 20.0 Å². The Labute approximate surface area is 101 Å². The van der Waals surface area contributed by atoms with Crippen molar-refractivity contribution in [2.75, 3.05) is 20.1 Å². The van der Waals surface area contributed by atoms with Crippen LogP contribution in [0.25, 0.3) is 0 Å². The normalized spacial score (nSPS) is 12.2. The number of hydrogen-bond donors (Lipinski definition) is 2. The number of rotatable bonds is 6. The lowest BCUT2D eigenvalue weighted by molar-refractivity contribution is -0.124. The van der Waals surface area contributed by atoms with Crippen LogP contribution in [0, 0.1) is 11.7 Å². The Balaban J connectivity index is 2.43. The van der Waals surface area contributed by atoms with Crippen LogP contribution in [0.4, 0.5) is 4.39 Å². The van der Waals surface area contributed by atoms with E-state index in [-0.39, 0.29) is 17.6 Å². The molecule has 1 unspecified atom stereocenters. The Morgan fingerprint density at radius 2 is 2.18 bits per heavy atom. The van der Waals surface area contributed by atoms with Crippen LogP contribution >= 0.6 is 0 Å². The maximum atomic E-state index is 13.0. The molecule has 1 aromatic rings. The minimum absolute atomic E-state index is 0.00418. The number of likely N-dealkylation sites (N-methyl/N-ethyl adjacent to an activating group) is 1. The highest BCUT2D eigenvalue weighted by Crippen LogP contribution is 2.10. The number of benzene rings is 1. The molecule has 1 atom stereocenters. The van der Waals surface area contributed by atoms with Crippen molar-refractivity contribution in [3.05, 3.63) is 35.6 Å². The predicted octanol–water partition coefficient (Wildman–Crippen LogP) is 1.34. The first-order valence-corrected chi connectivity index (χ1v) is 5.80. The third kappa shape index (κ3) is 4.95. The van der Waals surface area contributed by atoms with E-state index in [0.717, 1.165) is 12.1 Å². The third-order valence-electron chi connectivity index (χ3n) is 2.55. The summed E-state index contributed by atoms with van der Waals surface area (Å²) in [6.45, 7) is 3.21. The zero-order valence-electron chi connectivity index (χ0n) is 10.3. The van der Waals surface area contributed by atoms with E-state index in [2.05, 4.69) is 10.6 Å². The van der Waals surface area contributed by atoms with Gasteiger partial charge in [0.15, 0.2) is 0 Å². The average Bonchev–Trinajstić information content (AvgIpc) is 2.29. The molecule has 0 heterocycles. The molecule has 2 N–H and O–H groups in total. The van der Waals surface area contributed by atoms with Crippen molar-refractivity contribution in [2.45, 2.75) is 13.3 Å². The molecule has 4 heteroatoms. The largest absolute Gasteiger partial charge is 0.355 e. The topological polar surface area (TPSA) is 41.1 Å². The van der Waals surface area contributed by atoms with Gasteiger partial charge >= 0.3 is 0 Å². The summed E-state index contributed by atoms with van der Waals surface area (Å²) in [5, 5.41) is 5.78. The van der Waals surface area contributed by atoms with Crippen molar-refractivity contribution in [1.82, 2.24) is 10.6 Å². The van der Waals surface area contributed by atoms with Gasteiger partial charge in [0.05, 0.1) is 0 Å². The lowest BCUT2D eigenvalue weighted by Gasteiger charge is -2.12. The summed E-state index contributed by atoms with van der Waals surface area (Å²) in [5.41, 5.74) is 0.848. The molecule has 0 spiro atoms. The minimum Gasteiger partial charge on any atom is -0.355 e. The number of halogens is 1. The first-order valence-electron chi connectivity index (χ1n) is 5.80. The second kappa shape index (κ2) is 7.01. The van der Waals surface area contributed by atoms with E-state index < -0.39 is 0 Å². The lowest BCUT2D eigenvalue weighted by Crippen LogP contribution is -2.34. The highest BCUT2D eigenvalue weighted by molar-refractivity contribution is 5.78. The van der Waals surface area contributed by atoms with E-state index in [1.165, 1.54) is 12.1 Å². The number of hydrogen-bond acceptors (Lipinski definition) is 2. The van der Waals surface area contributed by atoms with Gasteiger partial charge < -0.3 is 10.6 Å². The second-order valence-electron chi connectivity index (χ2n) is 4.13. The van der Waals surface area contributed by atoms with Crippen molar-refractivity contribution in [3.63, 3.8) is 0 Å². The number of carbonyl (C=O) groups excluding carboxylic acids is 1. The molecule has 0 saturated carbocycles. The van der Waals surface area contributed by atoms with Crippen molar-refractivity contribution in [3.8, 4) is 0 Å². The summed E-state index contributed by atoms with van der Waals surface area (Å²) in [5.74, 6) is -0.400. The highest BCUT2D eigenvalue weighted by Gasteiger charge is 2.12. The van der Waals surface area contributed by atoms with Crippen LogP contribution in [0.15, 0.2) is 24.3 Å². The number of carbonyl (C=O) groups is 1. The van der Waals surface area contributed by atoms with Crippen molar-refractivity contribution in [2.24, 2.45) is 5.92 Å². The number of nitrogens with one attached hydrogen (secondary N) is 2. The molecule has 94 valence electrons. The second-order valence-corrected chi connectivity index (χ2v) is 4.13. The van der Waals surface area contributed by atoms with Gasteiger partial charge in [0.1, 0.15) is 5.82 Å². The van der Waals surface area contributed by atoms with Gasteiger partial charge in [-0.3, -0.25) is 4.79 Å². The molecular formula is C13H19FN2O. The van der Waals surface area contributed by atoms with Crippen LogP contribution in [0.1, 0.15) is 12.5 Å². The third-order valence-corrected chi connectivity index (χ3v) is 2.55. The average molecular weight is 238 g/mol. The molecule has 0 saturated heterocycles. The minimum atomic E-state index is -0.259. The molecule has 1 aromatic carbocycles. The molecule has 0 aromatic heterocycles. The molecular weight excluding hydrogens is 219 g/mol. The summed E-state index contributed by atoms with van der Waals surface area (Å²) >= 11 is 0. The van der Waals surface area contributed by atoms with Crippen LogP contribution in [-0.2, 0) is 11.2 Å². The first kappa shape index (κ1) is 13.6. The van der Waals surface area contributed by atoms with Gasteiger partial charge in [-0.25, -0.2) is 4.39 Å². The van der Waals surface area contributed by atoms with E-state index in [4.69, 9.17) is 0 Å². The van der Waals surface area contributed by atoms with Gasteiger partial charge in [-0.1, -0.05) is 19.1 Å². The summed E-state index contributed by atoms with van der Waals surface area (Å²) in [7, 11) is 1.84. The zero-order chi connectivity index (χ0) is 12.7. The summed E-state index contributed by atoms with van der Waals surface area (Å²) < 4.78 is 13.0. The molecule has 3 nitrogen and oxygen atoms in total. The Kier molecular flexibility index (Phi) is 5.63. The van der Waals surface area contributed by atoms with Gasteiger partial charge in [-0.05, 0) is 31.2 Å². The fourth-order valence-electron chi connectivity index (χ4n) is 1.60. The number of amides is 1. The monoisotopic (exact) mass is 238 g/mol. The Morgan fingerprint density at radius 1 is 1.41 bits per heavy atom. The molecule has 0 aliphatic carbocycles. The van der Waals surface area contributed by atoms with Crippen molar-refractivity contribution < 1.29 is 9.18 Å². The van der Waals surface area contributed by atoms with E-state index in [0.29, 0.717) is 13.0 Å². The van der Waals surface area contributed by atoms with Gasteiger partial charge in [-0.2, -0.15) is 0 Å². The molecule has 0 radical (unpaired) electrons. The molecule has 0 fully saturated rings. The van der Waals surface area contributed by atoms with Gasteiger partial charge in [-0.15, -0.1) is 0 Å². The van der Waals surface area contributed by atoms with Crippen LogP contribution in [0.2, 0.25) is 0 Å². The van der Waals surface area contributed by atoms with Crippen LogP contribution in [0.3, 0.4) is 0 Å². The van der Waals surface area contributed by atoms with Crippen LogP contribution in [0.5, 0.6) is 0 Å². The fraction of sp³-hybridized carbons (Fsp3) is 0.462. The first-order chi connectivity index (χ1) is 8.13. The predicted molar refractivity (Wildman–Crippen MR) is 66.2 cm³/mol. The van der Waals surface area contributed by atoms with Crippen LogP contribution in [-0.4, -0.2) is 26.0 Å². The SMILES string of the molecule is CNCCNC(=O)C(C)Cc1cccc(F)c1. The lowest BCUT2D eigenvalue weighted by atomic mass is 10.0. The highest BCUT2D eigenvalue weighted by atomic mass is 19.1. The van der Waals surface area contributed by atoms with Gasteiger partial charge in [0, 0.05) is 19.0 Å². The molecule has 1 amide bonds. The fourth-order valence-corrected chi connectivity index (χ4v) is 1.60. The molecule has 0 aliphatic heterocycles. The smallest absolute Gasteiger partial charge is 0.223 e. The maximum Gasteiger partial charge on any atom is 0.223 e. The summed E-state index contributed by atoms with van der Waals surface area (Å²) in [6, 6.07) is 6.37. The summed E-state index contributed by atoms with van der Waals surface area (Å²) in [4.78, 5) is 11.7. The van der Waals surface area contributed by atoms with Crippen molar-refractivity contribution in [1.29, 1.82) is 0 Å². The quantitative estimate of drug-likeness (QED) is 0.734. The zero-order valence-corrected chi connectivity index (χ0v) is 10.3. The molecule has 0 bridgehead atoms. The Bertz CT molecular complexity index is 368. The van der Waals surface area contributed by atoms with Crippen LogP contribution < -0.4 is 10.6 Å². The van der Waals surface area contributed by atoms with E-state index >= 15 is 0 Å². The van der Waals surface area contributed by atoms with Gasteiger partial charge in [0.2, 0.25) is 5.91 Å². The van der Waals surface area contributed by atoms with Crippen molar-refractivity contribution >= 4 is 5.91 Å².